The zero-order valence-corrected chi connectivity index (χ0v) is 10.8. The SMILES string of the molecule is CC(CN)CN1CCN(C(C)(C)C)CC1. The second-order valence-corrected chi connectivity index (χ2v) is 5.80. The molecular weight excluding hydrogens is 186 g/mol. The van der Waals surface area contributed by atoms with Crippen molar-refractivity contribution in [2.75, 3.05) is 39.3 Å². The molecule has 1 atom stereocenters. The molecule has 0 aliphatic carbocycles. The molecule has 0 saturated carbocycles. The number of hydrogen-bond donors (Lipinski definition) is 1. The topological polar surface area (TPSA) is 32.5 Å². The van der Waals surface area contributed by atoms with E-state index in [1.54, 1.807) is 0 Å². The van der Waals surface area contributed by atoms with Gasteiger partial charge in [-0.05, 0) is 33.2 Å². The molecule has 3 heteroatoms. The summed E-state index contributed by atoms with van der Waals surface area (Å²) in [4.78, 5) is 5.11. The summed E-state index contributed by atoms with van der Waals surface area (Å²) >= 11 is 0. The van der Waals surface area contributed by atoms with E-state index in [9.17, 15) is 0 Å². The molecule has 1 saturated heterocycles. The fraction of sp³-hybridized carbons (Fsp3) is 1.00. The van der Waals surface area contributed by atoms with Gasteiger partial charge in [-0.2, -0.15) is 0 Å². The van der Waals surface area contributed by atoms with Crippen LogP contribution < -0.4 is 5.73 Å². The van der Waals surface area contributed by atoms with Gasteiger partial charge in [0.05, 0.1) is 0 Å². The van der Waals surface area contributed by atoms with E-state index < -0.39 is 0 Å². The summed E-state index contributed by atoms with van der Waals surface area (Å²) in [5.74, 6) is 0.631. The predicted octanol–water partition coefficient (Wildman–Crippen LogP) is 0.997. The lowest BCUT2D eigenvalue weighted by molar-refractivity contribution is 0.0569. The van der Waals surface area contributed by atoms with Gasteiger partial charge in [-0.25, -0.2) is 0 Å². The van der Waals surface area contributed by atoms with E-state index in [4.69, 9.17) is 5.73 Å². The van der Waals surface area contributed by atoms with Crippen molar-refractivity contribution in [1.82, 2.24) is 9.80 Å². The van der Waals surface area contributed by atoms with Crippen LogP contribution in [-0.2, 0) is 0 Å². The third-order valence-electron chi connectivity index (χ3n) is 3.29. The highest BCUT2D eigenvalue weighted by Crippen LogP contribution is 2.16. The molecule has 90 valence electrons. The fourth-order valence-electron chi connectivity index (χ4n) is 2.12. The van der Waals surface area contributed by atoms with Gasteiger partial charge in [-0.15, -0.1) is 0 Å². The van der Waals surface area contributed by atoms with E-state index in [1.807, 2.05) is 0 Å². The van der Waals surface area contributed by atoms with Crippen molar-refractivity contribution in [2.24, 2.45) is 11.7 Å². The van der Waals surface area contributed by atoms with E-state index in [1.165, 1.54) is 26.2 Å². The van der Waals surface area contributed by atoms with E-state index in [0.29, 0.717) is 11.5 Å². The Morgan fingerprint density at radius 1 is 1.13 bits per heavy atom. The summed E-state index contributed by atoms with van der Waals surface area (Å²) in [6.45, 7) is 15.9. The summed E-state index contributed by atoms with van der Waals surface area (Å²) in [6.07, 6.45) is 0. The van der Waals surface area contributed by atoms with Gasteiger partial charge in [0.2, 0.25) is 0 Å². The molecule has 1 aliphatic rings. The Labute approximate surface area is 94.6 Å². The van der Waals surface area contributed by atoms with E-state index in [2.05, 4.69) is 37.5 Å². The molecule has 1 fully saturated rings. The second kappa shape index (κ2) is 5.28. The maximum Gasteiger partial charge on any atom is 0.0126 e. The predicted molar refractivity (Wildman–Crippen MR) is 66.0 cm³/mol. The summed E-state index contributed by atoms with van der Waals surface area (Å²) in [7, 11) is 0. The summed E-state index contributed by atoms with van der Waals surface area (Å²) < 4.78 is 0. The first-order chi connectivity index (χ1) is 6.93. The lowest BCUT2D eigenvalue weighted by Gasteiger charge is -2.42. The molecule has 3 nitrogen and oxygen atoms in total. The van der Waals surface area contributed by atoms with Crippen molar-refractivity contribution in [3.05, 3.63) is 0 Å². The highest BCUT2D eigenvalue weighted by atomic mass is 15.3. The van der Waals surface area contributed by atoms with Crippen molar-refractivity contribution in [3.63, 3.8) is 0 Å². The van der Waals surface area contributed by atoms with Crippen LogP contribution in [0.15, 0.2) is 0 Å². The molecule has 1 heterocycles. The lowest BCUT2D eigenvalue weighted by atomic mass is 10.0. The Balaban J connectivity index is 2.30. The molecule has 15 heavy (non-hydrogen) atoms. The Bertz CT molecular complexity index is 178. The van der Waals surface area contributed by atoms with Crippen molar-refractivity contribution in [3.8, 4) is 0 Å². The largest absolute Gasteiger partial charge is 0.330 e. The number of hydrogen-bond acceptors (Lipinski definition) is 3. The minimum Gasteiger partial charge on any atom is -0.330 e. The summed E-state index contributed by atoms with van der Waals surface area (Å²) in [6, 6.07) is 0. The van der Waals surface area contributed by atoms with Crippen LogP contribution in [0.2, 0.25) is 0 Å². The average molecular weight is 213 g/mol. The molecule has 0 aromatic carbocycles. The van der Waals surface area contributed by atoms with Gasteiger partial charge >= 0.3 is 0 Å². The van der Waals surface area contributed by atoms with Crippen molar-refractivity contribution >= 4 is 0 Å². The Morgan fingerprint density at radius 3 is 2.07 bits per heavy atom. The lowest BCUT2D eigenvalue weighted by Crippen LogP contribution is -2.54. The van der Waals surface area contributed by atoms with Crippen LogP contribution in [0.3, 0.4) is 0 Å². The van der Waals surface area contributed by atoms with Gasteiger partial charge in [-0.1, -0.05) is 6.92 Å². The normalized spacial score (nSPS) is 23.0. The van der Waals surface area contributed by atoms with Gasteiger partial charge in [0.15, 0.2) is 0 Å². The number of rotatable bonds is 3. The molecule has 0 amide bonds. The minimum absolute atomic E-state index is 0.325. The fourth-order valence-corrected chi connectivity index (χ4v) is 2.12. The zero-order chi connectivity index (χ0) is 11.5. The first-order valence-corrected chi connectivity index (χ1v) is 6.11. The van der Waals surface area contributed by atoms with Gasteiger partial charge in [0, 0.05) is 38.3 Å². The van der Waals surface area contributed by atoms with Crippen LogP contribution >= 0.6 is 0 Å². The number of piperazine rings is 1. The minimum atomic E-state index is 0.325. The molecule has 0 aromatic rings. The highest BCUT2D eigenvalue weighted by molar-refractivity contribution is 4.82. The molecule has 1 aliphatic heterocycles. The first-order valence-electron chi connectivity index (χ1n) is 6.11. The van der Waals surface area contributed by atoms with Crippen LogP contribution in [0.5, 0.6) is 0 Å². The van der Waals surface area contributed by atoms with Crippen molar-refractivity contribution in [2.45, 2.75) is 33.2 Å². The van der Waals surface area contributed by atoms with E-state index in [-0.39, 0.29) is 0 Å². The number of nitrogens with two attached hydrogens (primary N) is 1. The molecule has 0 radical (unpaired) electrons. The molecule has 0 bridgehead atoms. The summed E-state index contributed by atoms with van der Waals surface area (Å²) in [5.41, 5.74) is 5.97. The van der Waals surface area contributed by atoms with Crippen LogP contribution in [0.25, 0.3) is 0 Å². The Hall–Kier alpha value is -0.120. The summed E-state index contributed by atoms with van der Waals surface area (Å²) in [5, 5.41) is 0. The standard InChI is InChI=1S/C12H27N3/c1-11(9-13)10-14-5-7-15(8-6-14)12(2,3)4/h11H,5-10,13H2,1-4H3. The third kappa shape index (κ3) is 4.09. The second-order valence-electron chi connectivity index (χ2n) is 5.80. The van der Waals surface area contributed by atoms with Crippen molar-refractivity contribution < 1.29 is 0 Å². The number of nitrogens with zero attached hydrogens (tertiary/aromatic N) is 2. The molecule has 2 N–H and O–H groups in total. The molecule has 1 rings (SSSR count). The smallest absolute Gasteiger partial charge is 0.0126 e. The molecule has 0 spiro atoms. The van der Waals surface area contributed by atoms with E-state index in [0.717, 1.165) is 13.1 Å². The maximum atomic E-state index is 5.65. The van der Waals surface area contributed by atoms with Gasteiger partial charge in [0.25, 0.3) is 0 Å². The quantitative estimate of drug-likeness (QED) is 0.759. The van der Waals surface area contributed by atoms with Gasteiger partial charge in [0.1, 0.15) is 0 Å². The first kappa shape index (κ1) is 12.9. The third-order valence-corrected chi connectivity index (χ3v) is 3.29. The van der Waals surface area contributed by atoms with Crippen LogP contribution in [0.4, 0.5) is 0 Å². The van der Waals surface area contributed by atoms with Crippen LogP contribution in [0, 0.1) is 5.92 Å². The molecular formula is C12H27N3. The molecule has 0 aromatic heterocycles. The van der Waals surface area contributed by atoms with Gasteiger partial charge in [-0.3, -0.25) is 4.90 Å². The van der Waals surface area contributed by atoms with Crippen molar-refractivity contribution in [1.29, 1.82) is 0 Å². The van der Waals surface area contributed by atoms with Gasteiger partial charge < -0.3 is 10.6 Å². The highest BCUT2D eigenvalue weighted by Gasteiger charge is 2.25. The van der Waals surface area contributed by atoms with Crippen LogP contribution in [0.1, 0.15) is 27.7 Å². The van der Waals surface area contributed by atoms with E-state index >= 15 is 0 Å². The zero-order valence-electron chi connectivity index (χ0n) is 10.8. The maximum absolute atomic E-state index is 5.65. The average Bonchev–Trinajstić information content (AvgIpc) is 2.17. The molecule has 1 unspecified atom stereocenters. The Morgan fingerprint density at radius 2 is 1.67 bits per heavy atom. The van der Waals surface area contributed by atoms with Crippen LogP contribution in [-0.4, -0.2) is 54.6 Å². The monoisotopic (exact) mass is 213 g/mol. The Kier molecular flexibility index (Phi) is 4.56.